The molecule has 0 N–H and O–H groups in total. The normalized spacial score (nSPS) is 15.9. The van der Waals surface area contributed by atoms with Crippen molar-refractivity contribution in [2.75, 3.05) is 11.4 Å². The molecule has 1 aliphatic carbocycles. The van der Waals surface area contributed by atoms with Gasteiger partial charge < -0.3 is 14.0 Å². The molecule has 1 saturated carbocycles. The maximum atomic E-state index is 4.85. The standard InChI is InChI=1S/C24H21N7/c1-2-5-18(6-3-1)22-15-30(16-25-22)19-11-13-29(14-12-19)23-8-4-7-21(27-23)24-28-26-17-31(24)20-9-10-20/h1-8,11-13,15-17,20H,9-10,14H2. The Morgan fingerprint density at radius 1 is 0.903 bits per heavy atom. The monoisotopic (exact) mass is 407 g/mol. The lowest BCUT2D eigenvalue weighted by atomic mass is 10.2. The van der Waals surface area contributed by atoms with E-state index >= 15 is 0 Å². The minimum absolute atomic E-state index is 0.520. The summed E-state index contributed by atoms with van der Waals surface area (Å²) >= 11 is 0. The lowest BCUT2D eigenvalue weighted by molar-refractivity contribution is 0.743. The SMILES string of the molecule is C1=CN(c2cccc(-c3nncn3C3CC3)n2)CC=C1n1cnc(-c2ccccc2)c1. The van der Waals surface area contributed by atoms with Gasteiger partial charge in [0.2, 0.25) is 0 Å². The van der Waals surface area contributed by atoms with Gasteiger partial charge in [0.05, 0.1) is 12.0 Å². The Morgan fingerprint density at radius 3 is 2.61 bits per heavy atom. The molecule has 152 valence electrons. The fourth-order valence-electron chi connectivity index (χ4n) is 3.82. The van der Waals surface area contributed by atoms with E-state index < -0.39 is 0 Å². The number of imidazole rings is 1. The first-order chi connectivity index (χ1) is 15.3. The van der Waals surface area contributed by atoms with Gasteiger partial charge in [0.15, 0.2) is 5.82 Å². The molecule has 0 unspecified atom stereocenters. The van der Waals surface area contributed by atoms with Crippen molar-refractivity contribution in [1.82, 2.24) is 29.3 Å². The van der Waals surface area contributed by atoms with E-state index in [4.69, 9.17) is 4.98 Å². The molecule has 3 aromatic heterocycles. The van der Waals surface area contributed by atoms with Crippen LogP contribution in [0.2, 0.25) is 0 Å². The van der Waals surface area contributed by atoms with E-state index in [2.05, 4.69) is 65.9 Å². The summed E-state index contributed by atoms with van der Waals surface area (Å²) in [4.78, 5) is 11.5. The summed E-state index contributed by atoms with van der Waals surface area (Å²) in [5, 5.41) is 8.40. The summed E-state index contributed by atoms with van der Waals surface area (Å²) in [6, 6.07) is 16.8. The maximum absolute atomic E-state index is 4.85. The molecule has 0 radical (unpaired) electrons. The van der Waals surface area contributed by atoms with Gasteiger partial charge in [0, 0.05) is 36.2 Å². The quantitative estimate of drug-likeness (QED) is 0.490. The van der Waals surface area contributed by atoms with Crippen molar-refractivity contribution >= 4 is 11.5 Å². The van der Waals surface area contributed by atoms with E-state index in [1.807, 2.05) is 49.1 Å². The van der Waals surface area contributed by atoms with Gasteiger partial charge in [0.25, 0.3) is 0 Å². The summed E-state index contributed by atoms with van der Waals surface area (Å²) in [6.45, 7) is 0.733. The molecule has 2 aliphatic rings. The summed E-state index contributed by atoms with van der Waals surface area (Å²) in [5.74, 6) is 1.73. The highest BCUT2D eigenvalue weighted by Crippen LogP contribution is 2.37. The van der Waals surface area contributed by atoms with Crippen LogP contribution in [0.5, 0.6) is 0 Å². The summed E-state index contributed by atoms with van der Waals surface area (Å²) < 4.78 is 4.19. The molecule has 7 heteroatoms. The van der Waals surface area contributed by atoms with E-state index in [9.17, 15) is 0 Å². The molecule has 1 aliphatic heterocycles. The van der Waals surface area contributed by atoms with Crippen molar-refractivity contribution in [3.63, 3.8) is 0 Å². The summed E-state index contributed by atoms with van der Waals surface area (Å²) in [5.41, 5.74) is 4.03. The molecule has 31 heavy (non-hydrogen) atoms. The first-order valence-corrected chi connectivity index (χ1v) is 10.5. The lowest BCUT2D eigenvalue weighted by Crippen LogP contribution is -2.20. The second kappa shape index (κ2) is 7.36. The minimum atomic E-state index is 0.520. The zero-order chi connectivity index (χ0) is 20.6. The topological polar surface area (TPSA) is 64.7 Å². The fraction of sp³-hybridized carbons (Fsp3) is 0.167. The predicted molar refractivity (Wildman–Crippen MR) is 120 cm³/mol. The number of allylic oxidation sites excluding steroid dienone is 2. The molecule has 0 saturated heterocycles. The number of rotatable bonds is 5. The van der Waals surface area contributed by atoms with Gasteiger partial charge >= 0.3 is 0 Å². The predicted octanol–water partition coefficient (Wildman–Crippen LogP) is 4.41. The van der Waals surface area contributed by atoms with Crippen LogP contribution in [0.25, 0.3) is 28.5 Å². The van der Waals surface area contributed by atoms with Crippen LogP contribution in [0.4, 0.5) is 5.82 Å². The van der Waals surface area contributed by atoms with Crippen LogP contribution in [0.1, 0.15) is 18.9 Å². The van der Waals surface area contributed by atoms with Gasteiger partial charge in [-0.3, -0.25) is 0 Å². The maximum Gasteiger partial charge on any atom is 0.182 e. The molecule has 0 spiro atoms. The third-order valence-corrected chi connectivity index (χ3v) is 5.64. The minimum Gasteiger partial charge on any atom is -0.329 e. The Kier molecular flexibility index (Phi) is 4.23. The first kappa shape index (κ1) is 17.8. The molecule has 4 aromatic rings. The van der Waals surface area contributed by atoms with E-state index in [-0.39, 0.29) is 0 Å². The van der Waals surface area contributed by atoms with E-state index in [1.165, 1.54) is 12.8 Å². The van der Waals surface area contributed by atoms with Crippen LogP contribution >= 0.6 is 0 Å². The number of benzene rings is 1. The second-order valence-electron chi connectivity index (χ2n) is 7.80. The molecule has 1 aromatic carbocycles. The summed E-state index contributed by atoms with van der Waals surface area (Å²) in [6.07, 6.45) is 14.4. The van der Waals surface area contributed by atoms with Gasteiger partial charge in [-0.15, -0.1) is 10.2 Å². The Labute approximate surface area is 180 Å². The highest BCUT2D eigenvalue weighted by molar-refractivity contribution is 5.66. The highest BCUT2D eigenvalue weighted by atomic mass is 15.3. The van der Waals surface area contributed by atoms with Crippen LogP contribution in [0, 0.1) is 0 Å². The van der Waals surface area contributed by atoms with Gasteiger partial charge in [-0.05, 0) is 37.1 Å². The van der Waals surface area contributed by atoms with Crippen molar-refractivity contribution < 1.29 is 0 Å². The number of pyridine rings is 1. The average molecular weight is 407 g/mol. The van der Waals surface area contributed by atoms with Crippen LogP contribution in [0.3, 0.4) is 0 Å². The van der Waals surface area contributed by atoms with Crippen molar-refractivity contribution in [1.29, 1.82) is 0 Å². The van der Waals surface area contributed by atoms with Crippen molar-refractivity contribution in [3.8, 4) is 22.8 Å². The Hall–Kier alpha value is -4.00. The Balaban J connectivity index is 1.21. The van der Waals surface area contributed by atoms with Crippen LogP contribution in [-0.4, -0.2) is 35.8 Å². The van der Waals surface area contributed by atoms with Crippen molar-refractivity contribution in [2.45, 2.75) is 18.9 Å². The molecular formula is C24H21N7. The Morgan fingerprint density at radius 2 is 1.81 bits per heavy atom. The van der Waals surface area contributed by atoms with Crippen LogP contribution in [-0.2, 0) is 0 Å². The van der Waals surface area contributed by atoms with E-state index in [0.29, 0.717) is 6.04 Å². The van der Waals surface area contributed by atoms with Gasteiger partial charge in [0.1, 0.15) is 17.8 Å². The lowest BCUT2D eigenvalue weighted by Gasteiger charge is -2.22. The Bertz CT molecular complexity index is 1280. The number of nitrogens with zero attached hydrogens (tertiary/aromatic N) is 7. The number of anilines is 1. The van der Waals surface area contributed by atoms with Crippen molar-refractivity contribution in [2.24, 2.45) is 0 Å². The van der Waals surface area contributed by atoms with Gasteiger partial charge in [-0.2, -0.15) is 0 Å². The smallest absolute Gasteiger partial charge is 0.182 e. The highest BCUT2D eigenvalue weighted by Gasteiger charge is 2.27. The third kappa shape index (κ3) is 3.44. The molecule has 0 atom stereocenters. The molecule has 0 bridgehead atoms. The molecule has 1 fully saturated rings. The molecule has 4 heterocycles. The first-order valence-electron chi connectivity index (χ1n) is 10.5. The average Bonchev–Trinajstić information content (AvgIpc) is 3.35. The zero-order valence-corrected chi connectivity index (χ0v) is 16.9. The van der Waals surface area contributed by atoms with E-state index in [0.717, 1.165) is 40.8 Å². The molecular weight excluding hydrogens is 386 g/mol. The number of hydrogen-bond acceptors (Lipinski definition) is 5. The largest absolute Gasteiger partial charge is 0.329 e. The second-order valence-corrected chi connectivity index (χ2v) is 7.80. The van der Waals surface area contributed by atoms with Gasteiger partial charge in [-0.1, -0.05) is 36.4 Å². The molecule has 7 nitrogen and oxygen atoms in total. The third-order valence-electron chi connectivity index (χ3n) is 5.64. The fourth-order valence-corrected chi connectivity index (χ4v) is 3.82. The molecule has 6 rings (SSSR count). The van der Waals surface area contributed by atoms with Crippen LogP contribution < -0.4 is 4.90 Å². The van der Waals surface area contributed by atoms with Crippen molar-refractivity contribution in [3.05, 3.63) is 85.7 Å². The summed E-state index contributed by atoms with van der Waals surface area (Å²) in [7, 11) is 0. The number of aromatic nitrogens is 6. The zero-order valence-electron chi connectivity index (χ0n) is 16.9. The molecule has 0 amide bonds. The van der Waals surface area contributed by atoms with E-state index in [1.54, 1.807) is 0 Å². The number of hydrogen-bond donors (Lipinski definition) is 0. The van der Waals surface area contributed by atoms with Gasteiger partial charge in [-0.25, -0.2) is 9.97 Å². The van der Waals surface area contributed by atoms with Crippen LogP contribution in [0.15, 0.2) is 85.7 Å².